The molecule has 0 bridgehead atoms. The van der Waals surface area contributed by atoms with E-state index in [1.165, 1.54) is 0 Å². The lowest BCUT2D eigenvalue weighted by molar-refractivity contribution is -0.151. The Balaban J connectivity index is 1.98. The molecule has 1 amide bonds. The minimum Gasteiger partial charge on any atom is -0.465 e. The van der Waals surface area contributed by atoms with Gasteiger partial charge in [0.15, 0.2) is 0 Å². The van der Waals surface area contributed by atoms with Gasteiger partial charge in [0.1, 0.15) is 6.54 Å². The molecule has 1 heterocycles. The van der Waals surface area contributed by atoms with Crippen molar-refractivity contribution >= 4 is 11.9 Å². The summed E-state index contributed by atoms with van der Waals surface area (Å²) in [4.78, 5) is 25.8. The number of rotatable bonds is 6. The lowest BCUT2D eigenvalue weighted by atomic mass is 10.0. The molecule has 0 spiro atoms. The van der Waals surface area contributed by atoms with Gasteiger partial charge in [0.2, 0.25) is 5.91 Å². The fraction of sp³-hybridized carbons (Fsp3) is 0.846. The highest BCUT2D eigenvalue weighted by molar-refractivity contribution is 5.85. The molecule has 6 heteroatoms. The van der Waals surface area contributed by atoms with Crippen molar-refractivity contribution in [1.82, 2.24) is 10.2 Å². The minimum absolute atomic E-state index is 0.00685. The highest BCUT2D eigenvalue weighted by Crippen LogP contribution is 2.29. The van der Waals surface area contributed by atoms with Crippen LogP contribution in [0.15, 0.2) is 0 Å². The Kier molecular flexibility index (Phi) is 4.76. The van der Waals surface area contributed by atoms with Crippen LogP contribution in [0, 0.1) is 5.92 Å². The van der Waals surface area contributed by atoms with Crippen LogP contribution in [-0.4, -0.2) is 62.3 Å². The molecule has 2 atom stereocenters. The summed E-state index contributed by atoms with van der Waals surface area (Å²) in [5.74, 6) is -0.518. The van der Waals surface area contributed by atoms with Gasteiger partial charge in [-0.15, -0.1) is 0 Å². The highest BCUT2D eigenvalue weighted by Gasteiger charge is 2.41. The first-order valence-corrected chi connectivity index (χ1v) is 6.88. The van der Waals surface area contributed by atoms with E-state index in [-0.39, 0.29) is 36.4 Å². The van der Waals surface area contributed by atoms with Crippen molar-refractivity contribution in [1.29, 1.82) is 0 Å². The number of esters is 1. The van der Waals surface area contributed by atoms with E-state index >= 15 is 0 Å². The van der Waals surface area contributed by atoms with Gasteiger partial charge in [-0.1, -0.05) is 0 Å². The van der Waals surface area contributed by atoms with Crippen LogP contribution in [0.3, 0.4) is 0 Å². The Bertz CT molecular complexity index is 344. The average molecular weight is 270 g/mol. The molecule has 1 saturated heterocycles. The van der Waals surface area contributed by atoms with Crippen molar-refractivity contribution < 1.29 is 19.1 Å². The van der Waals surface area contributed by atoms with Crippen molar-refractivity contribution in [3.8, 4) is 0 Å². The maximum atomic E-state index is 12.5. The van der Waals surface area contributed by atoms with Crippen LogP contribution in [0.1, 0.15) is 19.8 Å². The van der Waals surface area contributed by atoms with Crippen molar-refractivity contribution in [3.05, 3.63) is 0 Å². The van der Waals surface area contributed by atoms with Gasteiger partial charge in [0.25, 0.3) is 0 Å². The zero-order valence-electron chi connectivity index (χ0n) is 11.6. The molecule has 1 aliphatic carbocycles. The third kappa shape index (κ3) is 3.45. The average Bonchev–Trinajstić information content (AvgIpc) is 3.12. The summed E-state index contributed by atoms with van der Waals surface area (Å²) in [6.45, 7) is 3.14. The minimum atomic E-state index is -0.331. The number of likely N-dealkylation sites (N-methyl/N-ethyl adjacent to an activating group) is 1. The SMILES string of the molecule is CCOC(=O)CN(C(=O)C1COCC1NC)C1CC1. The normalized spacial score (nSPS) is 26.2. The Labute approximate surface area is 113 Å². The molecule has 2 aliphatic rings. The van der Waals surface area contributed by atoms with Crippen molar-refractivity contribution in [2.75, 3.05) is 33.4 Å². The zero-order chi connectivity index (χ0) is 13.8. The Morgan fingerprint density at radius 3 is 2.68 bits per heavy atom. The summed E-state index contributed by atoms with van der Waals surface area (Å²) < 4.78 is 10.3. The van der Waals surface area contributed by atoms with Gasteiger partial charge in [-0.25, -0.2) is 0 Å². The van der Waals surface area contributed by atoms with Crippen molar-refractivity contribution in [3.63, 3.8) is 0 Å². The molecule has 6 nitrogen and oxygen atoms in total. The molecular formula is C13H22N2O4. The lowest BCUT2D eigenvalue weighted by Crippen LogP contribution is -2.47. The molecule has 0 aromatic rings. The quantitative estimate of drug-likeness (QED) is 0.676. The summed E-state index contributed by atoms with van der Waals surface area (Å²) in [7, 11) is 1.83. The maximum absolute atomic E-state index is 12.5. The molecule has 1 saturated carbocycles. The van der Waals surface area contributed by atoms with Crippen LogP contribution in [-0.2, 0) is 19.1 Å². The predicted molar refractivity (Wildman–Crippen MR) is 68.5 cm³/mol. The number of nitrogens with one attached hydrogen (secondary N) is 1. The fourth-order valence-corrected chi connectivity index (χ4v) is 2.41. The van der Waals surface area contributed by atoms with E-state index in [1.807, 2.05) is 7.05 Å². The van der Waals surface area contributed by atoms with E-state index in [1.54, 1.807) is 11.8 Å². The summed E-state index contributed by atoms with van der Waals surface area (Å²) in [6, 6.07) is 0.242. The second kappa shape index (κ2) is 6.34. The number of nitrogens with zero attached hydrogens (tertiary/aromatic N) is 1. The molecule has 0 aromatic carbocycles. The van der Waals surface area contributed by atoms with E-state index in [9.17, 15) is 9.59 Å². The van der Waals surface area contributed by atoms with Gasteiger partial charge in [0, 0.05) is 12.1 Å². The second-order valence-corrected chi connectivity index (χ2v) is 5.04. The number of hydrogen-bond acceptors (Lipinski definition) is 5. The number of carbonyl (C=O) groups is 2. The van der Waals surface area contributed by atoms with Crippen molar-refractivity contribution in [2.45, 2.75) is 31.8 Å². The standard InChI is InChI=1S/C13H22N2O4/c1-3-19-12(16)6-15(9-4-5-9)13(17)10-7-18-8-11(10)14-2/h9-11,14H,3-8H2,1-2H3. The summed E-state index contributed by atoms with van der Waals surface area (Å²) in [5.41, 5.74) is 0. The Morgan fingerprint density at radius 2 is 2.11 bits per heavy atom. The van der Waals surface area contributed by atoms with Crippen LogP contribution < -0.4 is 5.32 Å². The van der Waals surface area contributed by atoms with Crippen LogP contribution in [0.25, 0.3) is 0 Å². The number of hydrogen-bond donors (Lipinski definition) is 1. The van der Waals surface area contributed by atoms with E-state index in [4.69, 9.17) is 9.47 Å². The lowest BCUT2D eigenvalue weighted by Gasteiger charge is -2.26. The number of ether oxygens (including phenoxy) is 2. The largest absolute Gasteiger partial charge is 0.465 e. The van der Waals surface area contributed by atoms with Crippen LogP contribution in [0.4, 0.5) is 0 Å². The summed E-state index contributed by atoms with van der Waals surface area (Å²) >= 11 is 0. The van der Waals surface area contributed by atoms with Crippen LogP contribution >= 0.6 is 0 Å². The molecule has 0 radical (unpaired) electrons. The van der Waals surface area contributed by atoms with Gasteiger partial charge in [0.05, 0.1) is 25.7 Å². The zero-order valence-corrected chi connectivity index (χ0v) is 11.6. The number of amides is 1. The summed E-state index contributed by atoms with van der Waals surface area (Å²) in [5, 5.41) is 3.10. The second-order valence-electron chi connectivity index (χ2n) is 5.04. The van der Waals surface area contributed by atoms with E-state index < -0.39 is 0 Å². The van der Waals surface area contributed by atoms with Crippen LogP contribution in [0.2, 0.25) is 0 Å². The van der Waals surface area contributed by atoms with Crippen molar-refractivity contribution in [2.24, 2.45) is 5.92 Å². The molecular weight excluding hydrogens is 248 g/mol. The van der Waals surface area contributed by atoms with Gasteiger partial charge in [-0.3, -0.25) is 9.59 Å². The number of carbonyl (C=O) groups excluding carboxylic acids is 2. The first kappa shape index (κ1) is 14.3. The monoisotopic (exact) mass is 270 g/mol. The molecule has 2 rings (SSSR count). The fourth-order valence-electron chi connectivity index (χ4n) is 2.41. The Morgan fingerprint density at radius 1 is 1.37 bits per heavy atom. The highest BCUT2D eigenvalue weighted by atomic mass is 16.5. The molecule has 0 aromatic heterocycles. The van der Waals surface area contributed by atoms with Gasteiger partial charge in [-0.2, -0.15) is 0 Å². The topological polar surface area (TPSA) is 67.9 Å². The summed E-state index contributed by atoms with van der Waals surface area (Å²) in [6.07, 6.45) is 1.95. The molecule has 2 fully saturated rings. The van der Waals surface area contributed by atoms with Gasteiger partial charge < -0.3 is 19.7 Å². The molecule has 2 unspecified atom stereocenters. The molecule has 1 N–H and O–H groups in total. The molecule has 19 heavy (non-hydrogen) atoms. The van der Waals surface area contributed by atoms with E-state index in [0.717, 1.165) is 12.8 Å². The Hall–Kier alpha value is -1.14. The van der Waals surface area contributed by atoms with Gasteiger partial charge >= 0.3 is 5.97 Å². The van der Waals surface area contributed by atoms with Crippen LogP contribution in [0.5, 0.6) is 0 Å². The van der Waals surface area contributed by atoms with E-state index in [2.05, 4.69) is 5.32 Å². The third-order valence-electron chi connectivity index (χ3n) is 3.64. The smallest absolute Gasteiger partial charge is 0.325 e. The third-order valence-corrected chi connectivity index (χ3v) is 3.64. The maximum Gasteiger partial charge on any atom is 0.325 e. The first-order valence-electron chi connectivity index (χ1n) is 6.88. The molecule has 108 valence electrons. The van der Waals surface area contributed by atoms with E-state index in [0.29, 0.717) is 19.8 Å². The first-order chi connectivity index (χ1) is 9.17. The predicted octanol–water partition coefficient (Wildman–Crippen LogP) is -0.225. The van der Waals surface area contributed by atoms with Gasteiger partial charge in [-0.05, 0) is 26.8 Å². The molecule has 1 aliphatic heterocycles.